The Kier molecular flexibility index (Phi) is 4.97. The zero-order chi connectivity index (χ0) is 19.5. The molecule has 1 atom stereocenters. The van der Waals surface area contributed by atoms with Gasteiger partial charge in [0, 0.05) is 18.2 Å². The van der Waals surface area contributed by atoms with Crippen LogP contribution in [0.15, 0.2) is 53.1 Å². The molecule has 1 amide bonds. The molecule has 144 valence electrons. The topological polar surface area (TPSA) is 77.7 Å². The van der Waals surface area contributed by atoms with Gasteiger partial charge in [-0.05, 0) is 25.0 Å². The van der Waals surface area contributed by atoms with Crippen LogP contribution in [0.5, 0.6) is 11.5 Å². The van der Waals surface area contributed by atoms with Gasteiger partial charge in [0.15, 0.2) is 0 Å². The minimum absolute atomic E-state index is 0.124. The minimum Gasteiger partial charge on any atom is -0.497 e. The van der Waals surface area contributed by atoms with Gasteiger partial charge in [-0.1, -0.05) is 35.5 Å². The predicted molar refractivity (Wildman–Crippen MR) is 102 cm³/mol. The van der Waals surface area contributed by atoms with Crippen LogP contribution in [0.2, 0.25) is 0 Å². The molecular weight excluding hydrogens is 358 g/mol. The van der Waals surface area contributed by atoms with Crippen molar-refractivity contribution in [3.05, 3.63) is 60.0 Å². The van der Waals surface area contributed by atoms with E-state index in [0.717, 1.165) is 18.4 Å². The van der Waals surface area contributed by atoms with E-state index in [4.69, 9.17) is 14.0 Å². The SMILES string of the molecule is COc1ccc(C(=O)N2CCC[C@H]2c2nc(-c3ccccc3)no2)c(OC)c1. The molecule has 0 saturated carbocycles. The summed E-state index contributed by atoms with van der Waals surface area (Å²) < 4.78 is 16.1. The fourth-order valence-corrected chi connectivity index (χ4v) is 3.47. The van der Waals surface area contributed by atoms with Crippen molar-refractivity contribution in [2.75, 3.05) is 20.8 Å². The molecule has 1 saturated heterocycles. The van der Waals surface area contributed by atoms with Gasteiger partial charge in [0.2, 0.25) is 11.7 Å². The molecule has 4 rings (SSSR count). The molecule has 0 radical (unpaired) electrons. The molecule has 1 aliphatic rings. The molecule has 1 aromatic heterocycles. The summed E-state index contributed by atoms with van der Waals surface area (Å²) in [5.74, 6) is 1.97. The van der Waals surface area contributed by atoms with Crippen molar-refractivity contribution in [2.24, 2.45) is 0 Å². The van der Waals surface area contributed by atoms with Crippen LogP contribution in [-0.2, 0) is 0 Å². The van der Waals surface area contributed by atoms with E-state index in [1.54, 1.807) is 30.2 Å². The molecule has 2 aromatic carbocycles. The highest BCUT2D eigenvalue weighted by molar-refractivity contribution is 5.97. The third-order valence-electron chi connectivity index (χ3n) is 4.91. The number of ether oxygens (including phenoxy) is 2. The zero-order valence-electron chi connectivity index (χ0n) is 15.8. The number of hydrogen-bond acceptors (Lipinski definition) is 6. The largest absolute Gasteiger partial charge is 0.497 e. The summed E-state index contributed by atoms with van der Waals surface area (Å²) in [5.41, 5.74) is 1.36. The summed E-state index contributed by atoms with van der Waals surface area (Å²) in [6.07, 6.45) is 1.65. The van der Waals surface area contributed by atoms with E-state index in [1.165, 1.54) is 7.11 Å². The normalized spacial score (nSPS) is 16.2. The van der Waals surface area contributed by atoms with Gasteiger partial charge in [-0.2, -0.15) is 4.98 Å². The highest BCUT2D eigenvalue weighted by Gasteiger charge is 2.35. The monoisotopic (exact) mass is 379 g/mol. The van der Waals surface area contributed by atoms with E-state index >= 15 is 0 Å². The standard InChI is InChI=1S/C21H21N3O4/c1-26-15-10-11-16(18(13-15)27-2)21(25)24-12-6-9-17(24)20-22-19(23-28-20)14-7-4-3-5-8-14/h3-5,7-8,10-11,13,17H,6,9,12H2,1-2H3/t17-/m0/s1. The minimum atomic E-state index is -0.246. The number of nitrogens with zero attached hydrogens (tertiary/aromatic N) is 3. The summed E-state index contributed by atoms with van der Waals surface area (Å²) >= 11 is 0. The van der Waals surface area contributed by atoms with Crippen molar-refractivity contribution in [1.29, 1.82) is 0 Å². The highest BCUT2D eigenvalue weighted by atomic mass is 16.5. The fraction of sp³-hybridized carbons (Fsp3) is 0.286. The van der Waals surface area contributed by atoms with E-state index in [2.05, 4.69) is 10.1 Å². The number of rotatable bonds is 5. The molecule has 2 heterocycles. The maximum Gasteiger partial charge on any atom is 0.258 e. The first-order valence-electron chi connectivity index (χ1n) is 9.13. The summed E-state index contributed by atoms with van der Waals surface area (Å²) in [6, 6.07) is 14.6. The molecule has 0 spiro atoms. The molecule has 7 heteroatoms. The molecule has 0 N–H and O–H groups in total. The lowest BCUT2D eigenvalue weighted by atomic mass is 10.1. The van der Waals surface area contributed by atoms with Gasteiger partial charge in [0.05, 0.1) is 19.8 Å². The van der Waals surface area contributed by atoms with E-state index in [0.29, 0.717) is 35.3 Å². The first-order chi connectivity index (χ1) is 13.7. The first kappa shape index (κ1) is 18.0. The van der Waals surface area contributed by atoms with Crippen LogP contribution in [0, 0.1) is 0 Å². The molecule has 3 aromatic rings. The third kappa shape index (κ3) is 3.31. The Balaban J connectivity index is 1.61. The Hall–Kier alpha value is -3.35. The van der Waals surface area contributed by atoms with Crippen LogP contribution in [-0.4, -0.2) is 41.7 Å². The second kappa shape index (κ2) is 7.72. The number of aromatic nitrogens is 2. The molecule has 0 bridgehead atoms. The number of benzene rings is 2. The van der Waals surface area contributed by atoms with Crippen molar-refractivity contribution in [1.82, 2.24) is 15.0 Å². The number of amides is 1. The van der Waals surface area contributed by atoms with E-state index < -0.39 is 0 Å². The molecule has 1 aliphatic heterocycles. The van der Waals surface area contributed by atoms with Crippen LogP contribution in [0.25, 0.3) is 11.4 Å². The number of hydrogen-bond donors (Lipinski definition) is 0. The Morgan fingerprint density at radius 3 is 2.71 bits per heavy atom. The molecule has 0 aliphatic carbocycles. The second-order valence-electron chi connectivity index (χ2n) is 6.55. The van der Waals surface area contributed by atoms with Crippen LogP contribution in [0.1, 0.15) is 35.1 Å². The lowest BCUT2D eigenvalue weighted by Crippen LogP contribution is -2.31. The Bertz CT molecular complexity index is 971. The summed E-state index contributed by atoms with van der Waals surface area (Å²) in [4.78, 5) is 19.5. The average Bonchev–Trinajstić information content (AvgIpc) is 3.42. The fourth-order valence-electron chi connectivity index (χ4n) is 3.47. The lowest BCUT2D eigenvalue weighted by molar-refractivity contribution is 0.0706. The highest BCUT2D eigenvalue weighted by Crippen LogP contribution is 2.35. The van der Waals surface area contributed by atoms with Gasteiger partial charge in [-0.25, -0.2) is 0 Å². The molecule has 28 heavy (non-hydrogen) atoms. The second-order valence-corrected chi connectivity index (χ2v) is 6.55. The van der Waals surface area contributed by atoms with Crippen LogP contribution >= 0.6 is 0 Å². The zero-order valence-corrected chi connectivity index (χ0v) is 15.8. The maximum atomic E-state index is 13.2. The van der Waals surface area contributed by atoms with E-state index in [-0.39, 0.29) is 11.9 Å². The van der Waals surface area contributed by atoms with Crippen molar-refractivity contribution < 1.29 is 18.8 Å². The Morgan fingerprint density at radius 2 is 1.96 bits per heavy atom. The van der Waals surface area contributed by atoms with Crippen molar-refractivity contribution in [3.8, 4) is 22.9 Å². The van der Waals surface area contributed by atoms with Gasteiger partial charge in [0.25, 0.3) is 5.91 Å². The van der Waals surface area contributed by atoms with Gasteiger partial charge in [0.1, 0.15) is 17.5 Å². The number of likely N-dealkylation sites (tertiary alicyclic amines) is 1. The van der Waals surface area contributed by atoms with Crippen molar-refractivity contribution in [3.63, 3.8) is 0 Å². The summed E-state index contributed by atoms with van der Waals surface area (Å²) in [7, 11) is 3.11. The van der Waals surface area contributed by atoms with Gasteiger partial charge >= 0.3 is 0 Å². The third-order valence-corrected chi connectivity index (χ3v) is 4.91. The summed E-state index contributed by atoms with van der Waals surface area (Å²) in [5, 5.41) is 4.09. The first-order valence-corrected chi connectivity index (χ1v) is 9.13. The molecule has 7 nitrogen and oxygen atoms in total. The number of carbonyl (C=O) groups is 1. The lowest BCUT2D eigenvalue weighted by Gasteiger charge is -2.23. The van der Waals surface area contributed by atoms with Gasteiger partial charge in [-0.15, -0.1) is 0 Å². The Morgan fingerprint density at radius 1 is 1.14 bits per heavy atom. The van der Waals surface area contributed by atoms with E-state index in [9.17, 15) is 4.79 Å². The van der Waals surface area contributed by atoms with Gasteiger partial charge in [-0.3, -0.25) is 4.79 Å². The average molecular weight is 379 g/mol. The Labute approximate surface area is 162 Å². The van der Waals surface area contributed by atoms with Crippen LogP contribution in [0.4, 0.5) is 0 Å². The number of carbonyl (C=O) groups excluding carboxylic acids is 1. The van der Waals surface area contributed by atoms with Gasteiger partial charge < -0.3 is 18.9 Å². The smallest absolute Gasteiger partial charge is 0.258 e. The molecule has 0 unspecified atom stereocenters. The van der Waals surface area contributed by atoms with Crippen molar-refractivity contribution in [2.45, 2.75) is 18.9 Å². The predicted octanol–water partition coefficient (Wildman–Crippen LogP) is 3.73. The van der Waals surface area contributed by atoms with Crippen LogP contribution in [0.3, 0.4) is 0 Å². The van der Waals surface area contributed by atoms with E-state index in [1.807, 2.05) is 30.3 Å². The van der Waals surface area contributed by atoms with Crippen LogP contribution < -0.4 is 9.47 Å². The molecular formula is C21H21N3O4. The summed E-state index contributed by atoms with van der Waals surface area (Å²) in [6.45, 7) is 0.627. The quantitative estimate of drug-likeness (QED) is 0.672. The number of methoxy groups -OCH3 is 2. The van der Waals surface area contributed by atoms with Crippen molar-refractivity contribution >= 4 is 5.91 Å². The molecule has 1 fully saturated rings. The maximum absolute atomic E-state index is 13.2.